The highest BCUT2D eigenvalue weighted by Crippen LogP contribution is 2.46. The molecule has 3 fully saturated rings. The van der Waals surface area contributed by atoms with Crippen molar-refractivity contribution in [2.75, 3.05) is 13.2 Å². The fourth-order valence-corrected chi connectivity index (χ4v) is 6.27. The van der Waals surface area contributed by atoms with Gasteiger partial charge >= 0.3 is 12.3 Å². The molecule has 10 nitrogen and oxygen atoms in total. The van der Waals surface area contributed by atoms with E-state index in [2.05, 4.69) is 14.9 Å². The second kappa shape index (κ2) is 10.7. The fraction of sp³-hybridized carbons (Fsp3) is 0.393. The van der Waals surface area contributed by atoms with Crippen molar-refractivity contribution in [2.45, 2.75) is 56.1 Å². The van der Waals surface area contributed by atoms with Crippen LogP contribution < -0.4 is 9.47 Å². The van der Waals surface area contributed by atoms with Crippen LogP contribution in [0.2, 0.25) is 0 Å². The molecule has 1 saturated carbocycles. The number of carboxylic acid groups (broad SMARTS) is 1. The average Bonchev–Trinajstić information content (AvgIpc) is 3.26. The van der Waals surface area contributed by atoms with E-state index in [0.717, 1.165) is 30.2 Å². The minimum Gasteiger partial charge on any atom is -0.478 e. The Balaban J connectivity index is 1.06. The van der Waals surface area contributed by atoms with Crippen LogP contribution >= 0.6 is 11.3 Å². The number of thiazole rings is 1. The van der Waals surface area contributed by atoms with Crippen LogP contribution in [0.15, 0.2) is 40.9 Å². The molecule has 0 radical (unpaired) electrons. The zero-order valence-corrected chi connectivity index (χ0v) is 22.8. The highest BCUT2D eigenvalue weighted by atomic mass is 32.1. The number of alkyl halides is 3. The van der Waals surface area contributed by atoms with Gasteiger partial charge in [0.15, 0.2) is 11.9 Å². The van der Waals surface area contributed by atoms with Gasteiger partial charge in [0.1, 0.15) is 41.0 Å². The molecule has 43 heavy (non-hydrogen) atoms. The Morgan fingerprint density at radius 2 is 1.84 bits per heavy atom. The van der Waals surface area contributed by atoms with Crippen LogP contribution in [0.1, 0.15) is 40.4 Å². The number of carboxylic acids is 1. The van der Waals surface area contributed by atoms with Gasteiger partial charge in [0.05, 0.1) is 30.1 Å². The van der Waals surface area contributed by atoms with Crippen LogP contribution in [0.25, 0.3) is 21.5 Å². The van der Waals surface area contributed by atoms with E-state index in [4.69, 9.17) is 23.5 Å². The van der Waals surface area contributed by atoms with E-state index in [-0.39, 0.29) is 53.3 Å². The lowest BCUT2D eigenvalue weighted by molar-refractivity contribution is -0.274. The van der Waals surface area contributed by atoms with Crippen molar-refractivity contribution >= 4 is 27.5 Å². The molecule has 0 amide bonds. The van der Waals surface area contributed by atoms with Gasteiger partial charge in [-0.3, -0.25) is 0 Å². The number of halogens is 4. The molecule has 1 N–H and O–H groups in total. The van der Waals surface area contributed by atoms with Crippen molar-refractivity contribution < 1.29 is 55.7 Å². The van der Waals surface area contributed by atoms with E-state index < -0.39 is 48.3 Å². The Hall–Kier alpha value is -3.79. The summed E-state index contributed by atoms with van der Waals surface area (Å²) in [6.07, 6.45) is -5.29. The predicted molar refractivity (Wildman–Crippen MR) is 140 cm³/mol. The summed E-state index contributed by atoms with van der Waals surface area (Å²) < 4.78 is 87.8. The zero-order chi connectivity index (χ0) is 29.9. The van der Waals surface area contributed by atoms with Gasteiger partial charge in [0.25, 0.3) is 5.19 Å². The van der Waals surface area contributed by atoms with Gasteiger partial charge < -0.3 is 33.3 Å². The number of aromatic carboxylic acids is 1. The molecule has 4 heterocycles. The lowest BCUT2D eigenvalue weighted by Crippen LogP contribution is -2.35. The molecule has 4 aromatic rings. The second-order valence-corrected chi connectivity index (χ2v) is 11.4. The van der Waals surface area contributed by atoms with Crippen LogP contribution in [-0.2, 0) is 20.8 Å². The molecule has 0 bridgehead atoms. The molecular weight excluding hydrogens is 600 g/mol. The first-order chi connectivity index (χ1) is 20.6. The number of benzene rings is 2. The number of nitrogens with zero attached hydrogens (tertiary/aromatic N) is 2. The van der Waals surface area contributed by atoms with E-state index in [1.807, 2.05) is 0 Å². The Morgan fingerprint density at radius 1 is 1.09 bits per heavy atom. The number of para-hydroxylation sites is 1. The average molecular weight is 623 g/mol. The molecule has 7 rings (SSSR count). The first kappa shape index (κ1) is 28.0. The smallest absolute Gasteiger partial charge is 0.478 e. The molecule has 1 aliphatic carbocycles. The number of ether oxygens (including phenoxy) is 5. The lowest BCUT2D eigenvalue weighted by atomic mass is 10.0. The quantitative estimate of drug-likeness (QED) is 0.233. The van der Waals surface area contributed by atoms with Gasteiger partial charge in [-0.2, -0.15) is 4.98 Å². The van der Waals surface area contributed by atoms with Gasteiger partial charge in [-0.1, -0.05) is 28.6 Å². The summed E-state index contributed by atoms with van der Waals surface area (Å²) in [4.78, 5) is 15.4. The van der Waals surface area contributed by atoms with Crippen molar-refractivity contribution in [1.29, 1.82) is 0 Å². The van der Waals surface area contributed by atoms with Crippen molar-refractivity contribution in [2.24, 2.45) is 0 Å². The van der Waals surface area contributed by atoms with Crippen LogP contribution in [0.5, 0.6) is 10.9 Å². The standard InChI is InChI=1S/C28H22F4N2O8S/c29-16-7-13(26(35)36)8-20-22(16)33-27(43-20)40-19-11-39-24-18(10-38-25(19)24)37-9-15-21(34-42-23(15)12-5-6-12)14-3-1-2-4-17(14)41-28(30,31)32/h1-4,7-8,12,18-19,24-25H,5-6,9-11H2,(H,35,36)/t18?,19-,24-,25-/m1/s1. The first-order valence-electron chi connectivity index (χ1n) is 13.3. The van der Waals surface area contributed by atoms with Gasteiger partial charge in [0.2, 0.25) is 0 Å². The highest BCUT2D eigenvalue weighted by Gasteiger charge is 2.50. The van der Waals surface area contributed by atoms with Crippen molar-refractivity contribution in [3.8, 4) is 22.2 Å². The maximum absolute atomic E-state index is 14.4. The largest absolute Gasteiger partial charge is 0.573 e. The Labute approximate surface area is 244 Å². The topological polar surface area (TPSA) is 122 Å². The molecule has 3 aliphatic rings. The van der Waals surface area contributed by atoms with E-state index in [1.165, 1.54) is 24.3 Å². The number of rotatable bonds is 9. The normalized spacial score (nSPS) is 23.5. The number of aromatic nitrogens is 2. The van der Waals surface area contributed by atoms with Crippen molar-refractivity contribution in [3.63, 3.8) is 0 Å². The third-order valence-corrected chi connectivity index (χ3v) is 8.36. The minimum atomic E-state index is -4.88. The third-order valence-electron chi connectivity index (χ3n) is 7.47. The molecule has 4 atom stereocenters. The van der Waals surface area contributed by atoms with Crippen LogP contribution in [0.4, 0.5) is 17.6 Å². The van der Waals surface area contributed by atoms with E-state index >= 15 is 0 Å². The molecule has 226 valence electrons. The van der Waals surface area contributed by atoms with E-state index in [0.29, 0.717) is 16.0 Å². The maximum Gasteiger partial charge on any atom is 0.573 e. The molecule has 2 saturated heterocycles. The van der Waals surface area contributed by atoms with Gasteiger partial charge in [-0.25, -0.2) is 9.18 Å². The molecular formula is C28H22F4N2O8S. The number of carbonyl (C=O) groups is 1. The Bertz CT molecular complexity index is 1690. The summed E-state index contributed by atoms with van der Waals surface area (Å²) in [5.74, 6) is -1.75. The van der Waals surface area contributed by atoms with Crippen LogP contribution in [0.3, 0.4) is 0 Å². The van der Waals surface area contributed by atoms with E-state index in [9.17, 15) is 27.5 Å². The number of fused-ring (bicyclic) bond motifs is 2. The number of hydrogen-bond donors (Lipinski definition) is 1. The summed E-state index contributed by atoms with van der Waals surface area (Å²) in [7, 11) is 0. The summed E-state index contributed by atoms with van der Waals surface area (Å²) in [5, 5.41) is 13.4. The van der Waals surface area contributed by atoms with Crippen LogP contribution in [0, 0.1) is 5.82 Å². The SMILES string of the molecule is O=C(O)c1cc(F)c2nc(O[C@@H]3CO[C@@H]4C(OCc5c(-c6ccccc6OC(F)(F)F)noc5C5CC5)CO[C@@H]43)sc2c1. The summed E-state index contributed by atoms with van der Waals surface area (Å²) in [5.41, 5.74) is 0.683. The molecule has 15 heteroatoms. The lowest BCUT2D eigenvalue weighted by Gasteiger charge is -2.17. The highest BCUT2D eigenvalue weighted by molar-refractivity contribution is 7.20. The molecule has 2 aromatic heterocycles. The van der Waals surface area contributed by atoms with Crippen molar-refractivity contribution in [1.82, 2.24) is 10.1 Å². The summed E-state index contributed by atoms with van der Waals surface area (Å²) in [6.45, 7) is 0.293. The molecule has 2 aliphatic heterocycles. The monoisotopic (exact) mass is 622 g/mol. The Kier molecular flexibility index (Phi) is 6.99. The van der Waals surface area contributed by atoms with E-state index in [1.54, 1.807) is 6.07 Å². The Morgan fingerprint density at radius 3 is 2.58 bits per heavy atom. The van der Waals surface area contributed by atoms with Gasteiger partial charge in [0, 0.05) is 17.0 Å². The minimum absolute atomic E-state index is 0.00668. The third kappa shape index (κ3) is 5.53. The molecule has 2 aromatic carbocycles. The molecule has 1 unspecified atom stereocenters. The first-order valence-corrected chi connectivity index (χ1v) is 14.1. The second-order valence-electron chi connectivity index (χ2n) is 10.4. The molecule has 0 spiro atoms. The fourth-order valence-electron chi connectivity index (χ4n) is 5.35. The summed E-state index contributed by atoms with van der Waals surface area (Å²) in [6, 6.07) is 7.95. The maximum atomic E-state index is 14.4. The van der Waals surface area contributed by atoms with Gasteiger partial charge in [-0.15, -0.1) is 13.2 Å². The number of hydrogen-bond acceptors (Lipinski definition) is 10. The predicted octanol–water partition coefficient (Wildman–Crippen LogP) is 5.70. The summed E-state index contributed by atoms with van der Waals surface area (Å²) >= 11 is 1.01. The zero-order valence-electron chi connectivity index (χ0n) is 22.0. The van der Waals surface area contributed by atoms with Crippen molar-refractivity contribution in [3.05, 3.63) is 59.1 Å². The van der Waals surface area contributed by atoms with Crippen LogP contribution in [-0.4, -0.2) is 65.2 Å². The van der Waals surface area contributed by atoms with Gasteiger partial charge in [-0.05, 0) is 37.1 Å².